The highest BCUT2D eigenvalue weighted by atomic mass is 28.3. The molecule has 0 aliphatic rings. The molecule has 0 N–H and O–H groups in total. The fourth-order valence-electron chi connectivity index (χ4n) is 1.88. The highest BCUT2D eigenvalue weighted by Crippen LogP contribution is 2.21. The van der Waals surface area contributed by atoms with Gasteiger partial charge in [-0.2, -0.15) is 0 Å². The Morgan fingerprint density at radius 2 is 1.61 bits per heavy atom. The first-order chi connectivity index (χ1) is 8.15. The molecule has 0 aromatic heterocycles. The van der Waals surface area contributed by atoms with Crippen molar-refractivity contribution in [3.63, 3.8) is 0 Å². The van der Waals surface area contributed by atoms with Gasteiger partial charge in [0.05, 0.1) is 23.3 Å². The summed E-state index contributed by atoms with van der Waals surface area (Å²) in [5, 5.41) is 1.48. The van der Waals surface area contributed by atoms with Gasteiger partial charge in [-0.25, -0.2) is 0 Å². The Labute approximate surface area is 114 Å². The molecule has 0 unspecified atom stereocenters. The summed E-state index contributed by atoms with van der Waals surface area (Å²) in [6.45, 7) is 14.2. The van der Waals surface area contributed by atoms with E-state index in [9.17, 15) is 0 Å². The molecule has 3 heteroatoms. The van der Waals surface area contributed by atoms with E-state index in [1.54, 1.807) is 7.11 Å². The molecule has 100 valence electrons. The van der Waals surface area contributed by atoms with Crippen LogP contribution in [0.2, 0.25) is 39.3 Å². The summed E-state index contributed by atoms with van der Waals surface area (Å²) >= 11 is 0. The van der Waals surface area contributed by atoms with Crippen molar-refractivity contribution >= 4 is 27.4 Å². The molecule has 0 saturated carbocycles. The fourth-order valence-corrected chi connectivity index (χ4v) is 4.16. The second-order valence-corrected chi connectivity index (χ2v) is 17.0. The first-order valence-electron chi connectivity index (χ1n) is 6.52. The minimum absolute atomic E-state index is 1.00. The van der Waals surface area contributed by atoms with E-state index in [0.29, 0.717) is 0 Å². The molecule has 1 aromatic rings. The largest absolute Gasteiger partial charge is 0.496 e. The second-order valence-electron chi connectivity index (χ2n) is 6.87. The van der Waals surface area contributed by atoms with E-state index in [-0.39, 0.29) is 0 Å². The van der Waals surface area contributed by atoms with Gasteiger partial charge in [0, 0.05) is 5.56 Å². The van der Waals surface area contributed by atoms with Crippen LogP contribution in [0.3, 0.4) is 0 Å². The molecule has 0 aliphatic heterocycles. The van der Waals surface area contributed by atoms with Crippen LogP contribution in [0.25, 0.3) is 6.08 Å². The molecule has 0 bridgehead atoms. The van der Waals surface area contributed by atoms with Crippen molar-refractivity contribution in [1.29, 1.82) is 0 Å². The van der Waals surface area contributed by atoms with Crippen molar-refractivity contribution < 1.29 is 4.74 Å². The molecule has 0 aliphatic carbocycles. The summed E-state index contributed by atoms with van der Waals surface area (Å²) in [5.74, 6) is 1.00. The quantitative estimate of drug-likeness (QED) is 0.753. The predicted octanol–water partition coefficient (Wildman–Crippen LogP) is 4.13. The Morgan fingerprint density at radius 3 is 2.06 bits per heavy atom. The topological polar surface area (TPSA) is 9.23 Å². The smallest absolute Gasteiger partial charge is 0.125 e. The average molecular weight is 279 g/mol. The molecule has 0 spiro atoms. The molecular weight excluding hydrogens is 252 g/mol. The van der Waals surface area contributed by atoms with Crippen molar-refractivity contribution in [1.82, 2.24) is 0 Å². The Bertz CT molecular complexity index is 437. The van der Waals surface area contributed by atoms with Crippen LogP contribution in [0.1, 0.15) is 5.56 Å². The van der Waals surface area contributed by atoms with Gasteiger partial charge in [-0.1, -0.05) is 63.2 Å². The van der Waals surface area contributed by atoms with E-state index in [4.69, 9.17) is 4.74 Å². The Morgan fingerprint density at radius 1 is 1.00 bits per heavy atom. The van der Waals surface area contributed by atoms with Gasteiger partial charge in [0.25, 0.3) is 0 Å². The lowest BCUT2D eigenvalue weighted by atomic mass is 10.2. The molecule has 0 atom stereocenters. The third kappa shape index (κ3) is 4.14. The molecule has 1 rings (SSSR count). The molecular formula is C15H26OSi2. The zero-order chi connectivity index (χ0) is 14.0. The monoisotopic (exact) mass is 278 g/mol. The van der Waals surface area contributed by atoms with Gasteiger partial charge >= 0.3 is 0 Å². The van der Waals surface area contributed by atoms with Crippen LogP contribution in [0.15, 0.2) is 23.9 Å². The Balaban J connectivity index is 3.34. The van der Waals surface area contributed by atoms with Gasteiger partial charge in [0.2, 0.25) is 0 Å². The number of hydrogen-bond donors (Lipinski definition) is 0. The molecule has 1 aromatic carbocycles. The molecule has 0 amide bonds. The van der Waals surface area contributed by atoms with Gasteiger partial charge in [-0.05, 0) is 11.3 Å². The van der Waals surface area contributed by atoms with Crippen LogP contribution in [-0.2, 0) is 0 Å². The zero-order valence-electron chi connectivity index (χ0n) is 12.8. The van der Waals surface area contributed by atoms with E-state index >= 15 is 0 Å². The van der Waals surface area contributed by atoms with Crippen LogP contribution in [0.4, 0.5) is 0 Å². The van der Waals surface area contributed by atoms with Gasteiger partial charge < -0.3 is 4.74 Å². The number of hydrogen-bond acceptors (Lipinski definition) is 1. The maximum Gasteiger partial charge on any atom is 0.125 e. The molecule has 0 radical (unpaired) electrons. The van der Waals surface area contributed by atoms with E-state index in [0.717, 1.165) is 5.75 Å². The van der Waals surface area contributed by atoms with E-state index in [2.05, 4.69) is 69.3 Å². The summed E-state index contributed by atoms with van der Waals surface area (Å²) in [6, 6.07) is 6.43. The first kappa shape index (κ1) is 15.3. The van der Waals surface area contributed by atoms with Crippen molar-refractivity contribution in [3.8, 4) is 5.75 Å². The first-order valence-corrected chi connectivity index (χ1v) is 13.6. The lowest BCUT2D eigenvalue weighted by Gasteiger charge is -2.22. The van der Waals surface area contributed by atoms with Crippen molar-refractivity contribution in [2.24, 2.45) is 0 Å². The molecule has 0 fully saturated rings. The normalized spacial score (nSPS) is 13.1. The minimum Gasteiger partial charge on any atom is -0.496 e. The maximum absolute atomic E-state index is 5.53. The molecule has 0 heterocycles. The Hall–Kier alpha value is -0.806. The standard InChI is InChI=1S/C15H26OSi2/c1-16-14-9-8-10-15(18(5,6)7)13(14)11-12-17(2,3)4/h8-12H,1-7H3. The molecule has 18 heavy (non-hydrogen) atoms. The van der Waals surface area contributed by atoms with Crippen LogP contribution >= 0.6 is 0 Å². The fraction of sp³-hybridized carbons (Fsp3) is 0.467. The summed E-state index contributed by atoms with van der Waals surface area (Å²) in [5.41, 5.74) is 3.69. The predicted molar refractivity (Wildman–Crippen MR) is 88.4 cm³/mol. The highest BCUT2D eigenvalue weighted by Gasteiger charge is 2.21. The zero-order valence-corrected chi connectivity index (χ0v) is 14.8. The van der Waals surface area contributed by atoms with Gasteiger partial charge in [0.15, 0.2) is 0 Å². The minimum atomic E-state index is -1.34. The summed E-state index contributed by atoms with van der Waals surface area (Å²) < 4.78 is 5.53. The number of benzene rings is 1. The number of ether oxygens (including phenoxy) is 1. The number of methoxy groups -OCH3 is 1. The lowest BCUT2D eigenvalue weighted by molar-refractivity contribution is 0.414. The van der Waals surface area contributed by atoms with Gasteiger partial charge in [0.1, 0.15) is 5.75 Å². The summed E-state index contributed by atoms with van der Waals surface area (Å²) in [4.78, 5) is 0. The van der Waals surface area contributed by atoms with Crippen LogP contribution < -0.4 is 9.92 Å². The van der Waals surface area contributed by atoms with Crippen LogP contribution in [0.5, 0.6) is 5.75 Å². The van der Waals surface area contributed by atoms with E-state index in [1.807, 2.05) is 0 Å². The van der Waals surface area contributed by atoms with Crippen LogP contribution in [0, 0.1) is 0 Å². The number of rotatable bonds is 4. The summed E-state index contributed by atoms with van der Waals surface area (Å²) in [6.07, 6.45) is 2.29. The van der Waals surface area contributed by atoms with Gasteiger partial charge in [-0.15, -0.1) is 0 Å². The lowest BCUT2D eigenvalue weighted by Crippen LogP contribution is -2.39. The molecule has 1 nitrogen and oxygen atoms in total. The maximum atomic E-state index is 5.53. The SMILES string of the molecule is COc1cccc([Si](C)(C)C)c1C=C[Si](C)(C)C. The third-order valence-electron chi connectivity index (χ3n) is 2.84. The second kappa shape index (κ2) is 5.45. The average Bonchev–Trinajstić information content (AvgIpc) is 2.23. The summed E-state index contributed by atoms with van der Waals surface area (Å²) in [7, 11) is -0.757. The molecule has 0 saturated heterocycles. The van der Waals surface area contributed by atoms with Crippen molar-refractivity contribution in [2.45, 2.75) is 39.3 Å². The van der Waals surface area contributed by atoms with Crippen molar-refractivity contribution in [3.05, 3.63) is 29.5 Å². The van der Waals surface area contributed by atoms with E-state index < -0.39 is 16.1 Å². The van der Waals surface area contributed by atoms with Crippen LogP contribution in [-0.4, -0.2) is 23.3 Å². The van der Waals surface area contributed by atoms with Crippen molar-refractivity contribution in [2.75, 3.05) is 7.11 Å². The Kier molecular flexibility index (Phi) is 4.62. The van der Waals surface area contributed by atoms with Gasteiger partial charge in [-0.3, -0.25) is 0 Å². The highest BCUT2D eigenvalue weighted by molar-refractivity contribution is 6.89. The third-order valence-corrected chi connectivity index (χ3v) is 6.06. The van der Waals surface area contributed by atoms with E-state index in [1.165, 1.54) is 10.8 Å².